The molecule has 0 spiro atoms. The molecule has 2 unspecified atom stereocenters. The van der Waals surface area contributed by atoms with Crippen molar-refractivity contribution in [3.63, 3.8) is 0 Å². The molecule has 0 heterocycles. The van der Waals surface area contributed by atoms with Gasteiger partial charge in [-0.2, -0.15) is 0 Å². The molecule has 4 aromatic carbocycles. The Morgan fingerprint density at radius 1 is 0.658 bits per heavy atom. The number of ether oxygens (including phenoxy) is 1. The van der Waals surface area contributed by atoms with E-state index < -0.39 is 0 Å². The molecule has 0 aliphatic heterocycles. The Morgan fingerprint density at radius 2 is 1.34 bits per heavy atom. The molecule has 0 saturated heterocycles. The van der Waals surface area contributed by atoms with Crippen molar-refractivity contribution in [2.75, 3.05) is 13.1 Å². The maximum Gasteiger partial charge on any atom is 0.119 e. The van der Waals surface area contributed by atoms with Crippen LogP contribution in [0.15, 0.2) is 109 Å². The standard InChI is InChI=1S/C34H40N2O2/c1-27(35-22-9-15-28-10-4-2-5-11-28)34(36-23-21-29-14-8-16-32(37)24-29)25-30-17-19-33(20-18-30)38-26-31-12-6-3-7-13-31/h2-8,10-14,16-20,24,27,34-37H,9,15,21-23,25-26H2,1H3. The zero-order chi connectivity index (χ0) is 26.4. The van der Waals surface area contributed by atoms with Crippen LogP contribution in [0, 0.1) is 0 Å². The van der Waals surface area contributed by atoms with Gasteiger partial charge in [0.1, 0.15) is 18.1 Å². The Morgan fingerprint density at radius 3 is 2.05 bits per heavy atom. The van der Waals surface area contributed by atoms with Crippen LogP contribution in [0.4, 0.5) is 0 Å². The molecule has 0 amide bonds. The highest BCUT2D eigenvalue weighted by atomic mass is 16.5. The lowest BCUT2D eigenvalue weighted by Gasteiger charge is -2.27. The molecule has 4 heteroatoms. The average molecular weight is 509 g/mol. The summed E-state index contributed by atoms with van der Waals surface area (Å²) in [6, 6.07) is 37.5. The van der Waals surface area contributed by atoms with Crippen LogP contribution in [0.3, 0.4) is 0 Å². The van der Waals surface area contributed by atoms with Crippen molar-refractivity contribution in [3.05, 3.63) is 131 Å². The van der Waals surface area contributed by atoms with Crippen molar-refractivity contribution in [2.45, 2.75) is 51.3 Å². The zero-order valence-corrected chi connectivity index (χ0v) is 22.4. The first-order valence-electron chi connectivity index (χ1n) is 13.7. The van der Waals surface area contributed by atoms with Gasteiger partial charge in [-0.25, -0.2) is 0 Å². The molecule has 0 radical (unpaired) electrons. The molecule has 38 heavy (non-hydrogen) atoms. The fraction of sp³-hybridized carbons (Fsp3) is 0.294. The second kappa shape index (κ2) is 15.0. The molecule has 4 rings (SSSR count). The minimum absolute atomic E-state index is 0.278. The van der Waals surface area contributed by atoms with E-state index in [1.165, 1.54) is 16.7 Å². The first-order chi connectivity index (χ1) is 18.7. The van der Waals surface area contributed by atoms with Crippen molar-refractivity contribution in [3.8, 4) is 11.5 Å². The predicted molar refractivity (Wildman–Crippen MR) is 157 cm³/mol. The molecule has 0 aliphatic rings. The third kappa shape index (κ3) is 9.37. The van der Waals surface area contributed by atoms with E-state index in [1.54, 1.807) is 6.07 Å². The fourth-order valence-electron chi connectivity index (χ4n) is 4.67. The molecule has 0 fully saturated rings. The Bertz CT molecular complexity index is 1200. The highest BCUT2D eigenvalue weighted by Gasteiger charge is 2.17. The van der Waals surface area contributed by atoms with E-state index in [1.807, 2.05) is 30.3 Å². The Labute approximate surface area is 227 Å². The van der Waals surface area contributed by atoms with Gasteiger partial charge < -0.3 is 20.5 Å². The van der Waals surface area contributed by atoms with Crippen molar-refractivity contribution >= 4 is 0 Å². The minimum atomic E-state index is 0.278. The number of rotatable bonds is 15. The van der Waals surface area contributed by atoms with Crippen LogP contribution in [0.5, 0.6) is 11.5 Å². The monoisotopic (exact) mass is 508 g/mol. The molecule has 4 aromatic rings. The Hall–Kier alpha value is -3.60. The number of benzene rings is 4. The quantitative estimate of drug-likeness (QED) is 0.164. The van der Waals surface area contributed by atoms with E-state index in [0.29, 0.717) is 18.4 Å². The Kier molecular flexibility index (Phi) is 10.8. The summed E-state index contributed by atoms with van der Waals surface area (Å²) in [7, 11) is 0. The molecular formula is C34H40N2O2. The van der Waals surface area contributed by atoms with Crippen LogP contribution in [0.2, 0.25) is 0 Å². The summed E-state index contributed by atoms with van der Waals surface area (Å²) in [6.07, 6.45) is 3.99. The van der Waals surface area contributed by atoms with Gasteiger partial charge in [0.25, 0.3) is 0 Å². The van der Waals surface area contributed by atoms with E-state index in [9.17, 15) is 5.11 Å². The van der Waals surface area contributed by atoms with Crippen LogP contribution < -0.4 is 15.4 Å². The predicted octanol–water partition coefficient (Wildman–Crippen LogP) is 6.33. The second-order valence-corrected chi connectivity index (χ2v) is 9.93. The summed E-state index contributed by atoms with van der Waals surface area (Å²) < 4.78 is 5.98. The van der Waals surface area contributed by atoms with Crippen molar-refractivity contribution < 1.29 is 9.84 Å². The second-order valence-electron chi connectivity index (χ2n) is 9.93. The number of hydrogen-bond donors (Lipinski definition) is 3. The molecule has 0 saturated carbocycles. The summed E-state index contributed by atoms with van der Waals surface area (Å²) in [4.78, 5) is 0. The highest BCUT2D eigenvalue weighted by Crippen LogP contribution is 2.17. The first-order valence-corrected chi connectivity index (χ1v) is 13.7. The van der Waals surface area contributed by atoms with E-state index >= 15 is 0 Å². The molecule has 3 N–H and O–H groups in total. The number of aryl methyl sites for hydroxylation is 1. The van der Waals surface area contributed by atoms with Gasteiger partial charge >= 0.3 is 0 Å². The summed E-state index contributed by atoms with van der Waals surface area (Å²) in [5.41, 5.74) is 4.97. The minimum Gasteiger partial charge on any atom is -0.508 e. The van der Waals surface area contributed by atoms with Gasteiger partial charge in [0.15, 0.2) is 0 Å². The lowest BCUT2D eigenvalue weighted by atomic mass is 9.99. The Balaban J connectivity index is 1.31. The van der Waals surface area contributed by atoms with Crippen LogP contribution >= 0.6 is 0 Å². The molecule has 198 valence electrons. The van der Waals surface area contributed by atoms with Crippen molar-refractivity contribution in [2.24, 2.45) is 0 Å². The molecule has 2 atom stereocenters. The van der Waals surface area contributed by atoms with Crippen molar-refractivity contribution in [1.29, 1.82) is 0 Å². The van der Waals surface area contributed by atoms with Gasteiger partial charge in [-0.15, -0.1) is 0 Å². The fourth-order valence-corrected chi connectivity index (χ4v) is 4.67. The number of hydrogen-bond acceptors (Lipinski definition) is 4. The molecule has 0 aliphatic carbocycles. The third-order valence-electron chi connectivity index (χ3n) is 6.91. The molecule has 0 bridgehead atoms. The van der Waals surface area contributed by atoms with Gasteiger partial charge in [-0.05, 0) is 92.2 Å². The number of phenols is 1. The van der Waals surface area contributed by atoms with E-state index in [2.05, 4.69) is 90.4 Å². The zero-order valence-electron chi connectivity index (χ0n) is 22.4. The average Bonchev–Trinajstić information content (AvgIpc) is 2.95. The maximum absolute atomic E-state index is 9.79. The van der Waals surface area contributed by atoms with E-state index in [4.69, 9.17) is 4.74 Å². The van der Waals surface area contributed by atoms with Gasteiger partial charge in [-0.1, -0.05) is 84.9 Å². The van der Waals surface area contributed by atoms with Crippen LogP contribution in [-0.4, -0.2) is 30.3 Å². The topological polar surface area (TPSA) is 53.5 Å². The highest BCUT2D eigenvalue weighted by molar-refractivity contribution is 5.29. The molecule has 4 nitrogen and oxygen atoms in total. The normalized spacial score (nSPS) is 12.7. The van der Waals surface area contributed by atoms with Gasteiger partial charge in [0.05, 0.1) is 0 Å². The summed E-state index contributed by atoms with van der Waals surface area (Å²) >= 11 is 0. The smallest absolute Gasteiger partial charge is 0.119 e. The molecule has 0 aromatic heterocycles. The molecular weight excluding hydrogens is 468 g/mol. The van der Waals surface area contributed by atoms with Gasteiger partial charge in [0, 0.05) is 12.1 Å². The number of nitrogens with one attached hydrogen (secondary N) is 2. The summed E-state index contributed by atoms with van der Waals surface area (Å²) in [6.45, 7) is 4.67. The van der Waals surface area contributed by atoms with Crippen LogP contribution in [-0.2, 0) is 25.9 Å². The summed E-state index contributed by atoms with van der Waals surface area (Å²) in [5.74, 6) is 1.21. The number of phenolic OH excluding ortho intramolecular Hbond substituents is 1. The maximum atomic E-state index is 9.79. The van der Waals surface area contributed by atoms with Gasteiger partial charge in [-0.3, -0.25) is 0 Å². The van der Waals surface area contributed by atoms with Crippen molar-refractivity contribution in [1.82, 2.24) is 10.6 Å². The number of aromatic hydroxyl groups is 1. The van der Waals surface area contributed by atoms with Gasteiger partial charge in [0.2, 0.25) is 0 Å². The SMILES string of the molecule is CC(NCCCc1ccccc1)C(Cc1ccc(OCc2ccccc2)cc1)NCCc1cccc(O)c1. The lowest BCUT2D eigenvalue weighted by molar-refractivity contribution is 0.306. The van der Waals surface area contributed by atoms with Crippen LogP contribution in [0.25, 0.3) is 0 Å². The summed E-state index contributed by atoms with van der Waals surface area (Å²) in [5, 5.41) is 17.3. The largest absolute Gasteiger partial charge is 0.508 e. The first kappa shape index (κ1) is 27.4. The third-order valence-corrected chi connectivity index (χ3v) is 6.91. The van der Waals surface area contributed by atoms with E-state index in [0.717, 1.165) is 50.1 Å². The van der Waals surface area contributed by atoms with Crippen LogP contribution in [0.1, 0.15) is 35.6 Å². The lowest BCUT2D eigenvalue weighted by Crippen LogP contribution is -2.48. The van der Waals surface area contributed by atoms with E-state index in [-0.39, 0.29) is 6.04 Å².